The van der Waals surface area contributed by atoms with Gasteiger partial charge in [0.2, 0.25) is 5.91 Å². The third-order valence-electron chi connectivity index (χ3n) is 4.68. The van der Waals surface area contributed by atoms with Gasteiger partial charge in [0.15, 0.2) is 0 Å². The second-order valence-corrected chi connectivity index (χ2v) is 7.86. The van der Waals surface area contributed by atoms with Crippen LogP contribution >= 0.6 is 11.8 Å². The van der Waals surface area contributed by atoms with Crippen LogP contribution in [0, 0.1) is 5.82 Å². The van der Waals surface area contributed by atoms with Gasteiger partial charge < -0.3 is 14.5 Å². The van der Waals surface area contributed by atoms with Crippen LogP contribution in [0.15, 0.2) is 24.3 Å². The lowest BCUT2D eigenvalue weighted by Crippen LogP contribution is -2.52. The van der Waals surface area contributed by atoms with E-state index in [0.717, 1.165) is 36.5 Å². The molecule has 2 fully saturated rings. The number of benzene rings is 1. The van der Waals surface area contributed by atoms with Crippen LogP contribution in [0.25, 0.3) is 0 Å². The highest BCUT2D eigenvalue weighted by Crippen LogP contribution is 2.31. The fraction of sp³-hybridized carbons (Fsp3) is 0.556. The van der Waals surface area contributed by atoms with Gasteiger partial charge in [-0.25, -0.2) is 9.18 Å². The maximum atomic E-state index is 12.9. The minimum atomic E-state index is -0.527. The Kier molecular flexibility index (Phi) is 5.51. The number of carbonyl (C=O) groups is 2. The summed E-state index contributed by atoms with van der Waals surface area (Å²) in [4.78, 5) is 27.5. The van der Waals surface area contributed by atoms with E-state index < -0.39 is 5.60 Å². The van der Waals surface area contributed by atoms with Gasteiger partial charge in [-0.1, -0.05) is 12.1 Å². The number of nitrogens with zero attached hydrogens (tertiary/aromatic N) is 2. The van der Waals surface area contributed by atoms with E-state index in [1.165, 1.54) is 12.1 Å². The van der Waals surface area contributed by atoms with E-state index in [1.807, 2.05) is 4.90 Å². The summed E-state index contributed by atoms with van der Waals surface area (Å²) in [6.07, 6.45) is 1.83. The molecule has 0 saturated carbocycles. The highest BCUT2D eigenvalue weighted by Gasteiger charge is 2.47. The molecule has 1 spiro atoms. The Morgan fingerprint density at radius 3 is 2.76 bits per heavy atom. The summed E-state index contributed by atoms with van der Waals surface area (Å²) in [6.45, 7) is 1.77. The van der Waals surface area contributed by atoms with Crippen LogP contribution in [0.2, 0.25) is 0 Å². The van der Waals surface area contributed by atoms with Crippen molar-refractivity contribution < 1.29 is 18.7 Å². The minimum absolute atomic E-state index is 0.108. The minimum Gasteiger partial charge on any atom is -0.439 e. The van der Waals surface area contributed by atoms with Crippen LogP contribution in [0.4, 0.5) is 9.18 Å². The van der Waals surface area contributed by atoms with Crippen molar-refractivity contribution in [3.63, 3.8) is 0 Å². The Morgan fingerprint density at radius 2 is 2.08 bits per heavy atom. The maximum absolute atomic E-state index is 12.9. The Bertz CT molecular complexity index is 640. The number of piperidine rings is 1. The number of rotatable bonds is 5. The van der Waals surface area contributed by atoms with Crippen molar-refractivity contribution in [1.82, 2.24) is 9.80 Å². The third kappa shape index (κ3) is 4.45. The smallest absolute Gasteiger partial charge is 0.410 e. The van der Waals surface area contributed by atoms with Gasteiger partial charge in [-0.2, -0.15) is 11.8 Å². The predicted octanol–water partition coefficient (Wildman–Crippen LogP) is 2.89. The van der Waals surface area contributed by atoms with Crippen molar-refractivity contribution in [3.05, 3.63) is 35.6 Å². The highest BCUT2D eigenvalue weighted by atomic mass is 32.2. The zero-order valence-electron chi connectivity index (χ0n) is 14.4. The molecule has 2 amide bonds. The molecule has 3 rings (SSSR count). The quantitative estimate of drug-likeness (QED) is 0.752. The van der Waals surface area contributed by atoms with Crippen LogP contribution in [-0.4, -0.2) is 59.8 Å². The standard InChI is InChI=1S/C18H23FN2O3S/c1-20-12-18(24-17(20)23)8-2-9-21(13-18)16(22)7-10-25-11-14-3-5-15(19)6-4-14/h3-6H,2,7-13H2,1H3. The molecule has 2 saturated heterocycles. The fourth-order valence-electron chi connectivity index (χ4n) is 3.40. The number of hydrogen-bond acceptors (Lipinski definition) is 4. The monoisotopic (exact) mass is 366 g/mol. The van der Waals surface area contributed by atoms with E-state index in [1.54, 1.807) is 35.8 Å². The molecule has 136 valence electrons. The molecule has 1 aromatic carbocycles. The second-order valence-electron chi connectivity index (χ2n) is 6.75. The van der Waals surface area contributed by atoms with E-state index >= 15 is 0 Å². The van der Waals surface area contributed by atoms with Gasteiger partial charge in [-0.15, -0.1) is 0 Å². The molecule has 0 radical (unpaired) electrons. The van der Waals surface area contributed by atoms with Crippen molar-refractivity contribution in [2.45, 2.75) is 30.6 Å². The Balaban J connectivity index is 1.43. The molecule has 7 heteroatoms. The number of carbonyl (C=O) groups excluding carboxylic acids is 2. The molecule has 25 heavy (non-hydrogen) atoms. The van der Waals surface area contributed by atoms with Gasteiger partial charge in [0, 0.05) is 31.5 Å². The number of ether oxygens (including phenoxy) is 1. The van der Waals surface area contributed by atoms with Crippen molar-refractivity contribution in [2.75, 3.05) is 32.4 Å². The highest BCUT2D eigenvalue weighted by molar-refractivity contribution is 7.98. The molecule has 1 unspecified atom stereocenters. The molecule has 0 bridgehead atoms. The molecule has 1 aromatic rings. The summed E-state index contributed by atoms with van der Waals surface area (Å²) >= 11 is 1.67. The van der Waals surface area contributed by atoms with E-state index in [9.17, 15) is 14.0 Å². The third-order valence-corrected chi connectivity index (χ3v) is 5.71. The summed E-state index contributed by atoms with van der Waals surface area (Å²) in [7, 11) is 1.73. The van der Waals surface area contributed by atoms with Gasteiger partial charge in [-0.3, -0.25) is 4.79 Å². The van der Waals surface area contributed by atoms with Crippen LogP contribution in [0.1, 0.15) is 24.8 Å². The number of likely N-dealkylation sites (N-methyl/N-ethyl adjacent to an activating group) is 1. The van der Waals surface area contributed by atoms with E-state index in [0.29, 0.717) is 19.5 Å². The van der Waals surface area contributed by atoms with Crippen LogP contribution in [0.3, 0.4) is 0 Å². The zero-order chi connectivity index (χ0) is 17.9. The molecule has 2 aliphatic heterocycles. The van der Waals surface area contributed by atoms with Gasteiger partial charge in [0.05, 0.1) is 13.1 Å². The Hall–Kier alpha value is -1.76. The number of halogens is 1. The van der Waals surface area contributed by atoms with Crippen molar-refractivity contribution in [1.29, 1.82) is 0 Å². The first-order chi connectivity index (χ1) is 12.0. The van der Waals surface area contributed by atoms with E-state index in [2.05, 4.69) is 0 Å². The Labute approximate surface area is 151 Å². The first kappa shape index (κ1) is 18.0. The van der Waals surface area contributed by atoms with Crippen molar-refractivity contribution in [3.8, 4) is 0 Å². The van der Waals surface area contributed by atoms with E-state index in [4.69, 9.17) is 4.74 Å². The zero-order valence-corrected chi connectivity index (χ0v) is 15.2. The first-order valence-electron chi connectivity index (χ1n) is 8.52. The first-order valence-corrected chi connectivity index (χ1v) is 9.67. The largest absolute Gasteiger partial charge is 0.439 e. The number of likely N-dealkylation sites (tertiary alicyclic amines) is 1. The van der Waals surface area contributed by atoms with Crippen LogP contribution < -0.4 is 0 Å². The predicted molar refractivity (Wildman–Crippen MR) is 94.8 cm³/mol. The molecule has 0 aromatic heterocycles. The summed E-state index contributed by atoms with van der Waals surface area (Å²) in [5.74, 6) is 1.36. The average molecular weight is 366 g/mol. The molecule has 1 atom stereocenters. The maximum Gasteiger partial charge on any atom is 0.410 e. The lowest BCUT2D eigenvalue weighted by atomic mass is 9.92. The fourth-order valence-corrected chi connectivity index (χ4v) is 4.30. The van der Waals surface area contributed by atoms with Gasteiger partial charge in [-0.05, 0) is 30.5 Å². The topological polar surface area (TPSA) is 49.9 Å². The second kappa shape index (κ2) is 7.64. The SMILES string of the molecule is CN1CC2(CCCN(C(=O)CCSCc3ccc(F)cc3)C2)OC1=O. The van der Waals surface area contributed by atoms with Crippen LogP contribution in [-0.2, 0) is 15.3 Å². The number of amides is 2. The molecular weight excluding hydrogens is 343 g/mol. The van der Waals surface area contributed by atoms with Gasteiger partial charge in [0.1, 0.15) is 11.4 Å². The molecule has 2 aliphatic rings. The lowest BCUT2D eigenvalue weighted by Gasteiger charge is -2.38. The average Bonchev–Trinajstić information content (AvgIpc) is 2.86. The molecule has 0 aliphatic carbocycles. The van der Waals surface area contributed by atoms with Crippen LogP contribution in [0.5, 0.6) is 0 Å². The van der Waals surface area contributed by atoms with Crippen molar-refractivity contribution >= 4 is 23.8 Å². The molecule has 0 N–H and O–H groups in total. The van der Waals surface area contributed by atoms with Gasteiger partial charge >= 0.3 is 6.09 Å². The summed E-state index contributed by atoms with van der Waals surface area (Å²) in [5, 5.41) is 0. The summed E-state index contributed by atoms with van der Waals surface area (Å²) < 4.78 is 18.4. The Morgan fingerprint density at radius 1 is 1.32 bits per heavy atom. The van der Waals surface area contributed by atoms with E-state index in [-0.39, 0.29) is 17.8 Å². The van der Waals surface area contributed by atoms with Crippen molar-refractivity contribution in [2.24, 2.45) is 0 Å². The molecule has 5 nitrogen and oxygen atoms in total. The summed E-state index contributed by atoms with van der Waals surface area (Å²) in [6, 6.07) is 6.44. The van der Waals surface area contributed by atoms with Gasteiger partial charge in [0.25, 0.3) is 0 Å². The molecular formula is C18H23FN2O3S. The number of thioether (sulfide) groups is 1. The molecule has 2 heterocycles. The summed E-state index contributed by atoms with van der Waals surface area (Å²) in [5.41, 5.74) is 0.526. The normalized spacial score (nSPS) is 23.2. The lowest BCUT2D eigenvalue weighted by molar-refractivity contribution is -0.136. The number of hydrogen-bond donors (Lipinski definition) is 0.